The molecule has 0 aliphatic carbocycles. The van der Waals surface area contributed by atoms with Gasteiger partial charge < -0.3 is 4.74 Å². The lowest BCUT2D eigenvalue weighted by Crippen LogP contribution is -2.06. The van der Waals surface area contributed by atoms with Crippen molar-refractivity contribution in [3.8, 4) is 0 Å². The first-order valence-corrected chi connectivity index (χ1v) is 2.74. The fourth-order valence-corrected chi connectivity index (χ4v) is 0.544. The topological polar surface area (TPSA) is 33.6 Å². The second-order valence-corrected chi connectivity index (χ2v) is 2.05. The zero-order valence-electron chi connectivity index (χ0n) is 5.14. The smallest absolute Gasteiger partial charge is 0.210 e. The zero-order chi connectivity index (χ0) is 5.98. The number of hydrogen-bond acceptors (Lipinski definition) is 3. The van der Waals surface area contributed by atoms with Crippen LogP contribution in [0.25, 0.3) is 0 Å². The summed E-state index contributed by atoms with van der Waals surface area (Å²) in [5.74, 6) is 1.22. The Balaban J connectivity index is 2.45. The van der Waals surface area contributed by atoms with Gasteiger partial charge in [-0.05, 0) is 0 Å². The van der Waals surface area contributed by atoms with Crippen LogP contribution in [0.15, 0.2) is 5.10 Å². The molecule has 1 aliphatic rings. The second-order valence-electron chi connectivity index (χ2n) is 2.05. The number of hydrazone groups is 1. The van der Waals surface area contributed by atoms with E-state index in [1.54, 1.807) is 0 Å². The molecule has 1 heterocycles. The Hall–Kier alpha value is -0.730. The van der Waals surface area contributed by atoms with Crippen LogP contribution >= 0.6 is 0 Å². The average Bonchev–Trinajstić information content (AvgIpc) is 2.12. The SMILES string of the molecule is CC(C)C1=NNCO1. The van der Waals surface area contributed by atoms with Gasteiger partial charge in [-0.2, -0.15) is 0 Å². The van der Waals surface area contributed by atoms with E-state index in [9.17, 15) is 0 Å². The molecule has 0 atom stereocenters. The third-order valence-corrected chi connectivity index (χ3v) is 0.968. The molecule has 3 heteroatoms. The normalized spacial score (nSPS) is 17.6. The maximum Gasteiger partial charge on any atom is 0.210 e. The maximum absolute atomic E-state index is 5.05. The molecule has 1 aliphatic heterocycles. The summed E-state index contributed by atoms with van der Waals surface area (Å²) in [5.41, 5.74) is 2.72. The van der Waals surface area contributed by atoms with E-state index in [2.05, 4.69) is 10.5 Å². The van der Waals surface area contributed by atoms with E-state index in [4.69, 9.17) is 4.74 Å². The minimum absolute atomic E-state index is 0.407. The minimum atomic E-state index is 0.407. The van der Waals surface area contributed by atoms with Gasteiger partial charge in [-0.25, -0.2) is 0 Å². The van der Waals surface area contributed by atoms with E-state index in [1.165, 1.54) is 0 Å². The molecule has 46 valence electrons. The molecule has 0 aromatic rings. The standard InChI is InChI=1S/C5H10N2O/c1-4(2)5-7-6-3-8-5/h4,6H,3H2,1-2H3. The summed E-state index contributed by atoms with van der Waals surface area (Å²) in [6.07, 6.45) is 0. The Morgan fingerprint density at radius 1 is 1.75 bits per heavy atom. The van der Waals surface area contributed by atoms with E-state index >= 15 is 0 Å². The first kappa shape index (κ1) is 5.41. The highest BCUT2D eigenvalue weighted by molar-refractivity contribution is 5.78. The summed E-state index contributed by atoms with van der Waals surface area (Å²) in [5, 5.41) is 3.88. The molecule has 1 N–H and O–H groups in total. The first-order chi connectivity index (χ1) is 3.80. The van der Waals surface area contributed by atoms with Crippen LogP contribution in [0, 0.1) is 5.92 Å². The van der Waals surface area contributed by atoms with Gasteiger partial charge in [0.1, 0.15) is 0 Å². The summed E-state index contributed by atoms with van der Waals surface area (Å²) in [7, 11) is 0. The Morgan fingerprint density at radius 3 is 2.75 bits per heavy atom. The van der Waals surface area contributed by atoms with E-state index < -0.39 is 0 Å². The largest absolute Gasteiger partial charge is 0.457 e. The number of rotatable bonds is 1. The fourth-order valence-electron chi connectivity index (χ4n) is 0.544. The monoisotopic (exact) mass is 114 g/mol. The Kier molecular flexibility index (Phi) is 1.37. The number of nitrogens with one attached hydrogen (secondary N) is 1. The Labute approximate surface area is 48.7 Å². The molecule has 1 rings (SSSR count). The molecular formula is C5H10N2O. The molecule has 8 heavy (non-hydrogen) atoms. The van der Waals surface area contributed by atoms with Crippen molar-refractivity contribution in [2.75, 3.05) is 6.73 Å². The van der Waals surface area contributed by atoms with Gasteiger partial charge in [-0.1, -0.05) is 13.8 Å². The van der Waals surface area contributed by atoms with Crippen molar-refractivity contribution in [1.82, 2.24) is 5.43 Å². The first-order valence-electron chi connectivity index (χ1n) is 2.74. The number of nitrogens with zero attached hydrogens (tertiary/aromatic N) is 1. The van der Waals surface area contributed by atoms with Crippen LogP contribution in [0.5, 0.6) is 0 Å². The van der Waals surface area contributed by atoms with Crippen molar-refractivity contribution in [2.45, 2.75) is 13.8 Å². The fraction of sp³-hybridized carbons (Fsp3) is 0.800. The minimum Gasteiger partial charge on any atom is -0.457 e. The molecule has 0 unspecified atom stereocenters. The molecule has 0 aromatic carbocycles. The third-order valence-electron chi connectivity index (χ3n) is 0.968. The lowest BCUT2D eigenvalue weighted by Gasteiger charge is -1.99. The van der Waals surface area contributed by atoms with Crippen molar-refractivity contribution >= 4 is 5.90 Å². The van der Waals surface area contributed by atoms with Gasteiger partial charge in [0, 0.05) is 5.92 Å². The van der Waals surface area contributed by atoms with E-state index in [0.29, 0.717) is 12.6 Å². The highest BCUT2D eigenvalue weighted by atomic mass is 16.5. The van der Waals surface area contributed by atoms with Crippen LogP contribution in [-0.4, -0.2) is 12.6 Å². The van der Waals surface area contributed by atoms with Gasteiger partial charge in [-0.15, -0.1) is 5.10 Å². The molecule has 0 bridgehead atoms. The lowest BCUT2D eigenvalue weighted by molar-refractivity contribution is 0.300. The number of ether oxygens (including phenoxy) is 1. The summed E-state index contributed by atoms with van der Waals surface area (Å²) >= 11 is 0. The van der Waals surface area contributed by atoms with Crippen LogP contribution in [-0.2, 0) is 4.74 Å². The average molecular weight is 114 g/mol. The molecule has 0 saturated carbocycles. The quantitative estimate of drug-likeness (QED) is 0.539. The van der Waals surface area contributed by atoms with Crippen LogP contribution in [0.2, 0.25) is 0 Å². The predicted molar refractivity (Wildman–Crippen MR) is 31.4 cm³/mol. The summed E-state index contributed by atoms with van der Waals surface area (Å²) in [6, 6.07) is 0. The van der Waals surface area contributed by atoms with Gasteiger partial charge >= 0.3 is 0 Å². The molecule has 0 amide bonds. The van der Waals surface area contributed by atoms with Crippen molar-refractivity contribution in [1.29, 1.82) is 0 Å². The van der Waals surface area contributed by atoms with Crippen LogP contribution in [0.1, 0.15) is 13.8 Å². The van der Waals surface area contributed by atoms with Gasteiger partial charge in [0.15, 0.2) is 6.73 Å². The molecule has 0 radical (unpaired) electrons. The molecule has 0 spiro atoms. The van der Waals surface area contributed by atoms with Gasteiger partial charge in [0.25, 0.3) is 0 Å². The van der Waals surface area contributed by atoms with E-state index in [-0.39, 0.29) is 0 Å². The van der Waals surface area contributed by atoms with Gasteiger partial charge in [-0.3, -0.25) is 5.43 Å². The molecule has 0 aromatic heterocycles. The maximum atomic E-state index is 5.05. The van der Waals surface area contributed by atoms with Crippen LogP contribution < -0.4 is 5.43 Å². The Morgan fingerprint density at radius 2 is 2.50 bits per heavy atom. The molecule has 3 nitrogen and oxygen atoms in total. The summed E-state index contributed by atoms with van der Waals surface area (Å²) < 4.78 is 5.05. The van der Waals surface area contributed by atoms with Crippen molar-refractivity contribution in [2.24, 2.45) is 11.0 Å². The van der Waals surface area contributed by atoms with Crippen LogP contribution in [0.3, 0.4) is 0 Å². The van der Waals surface area contributed by atoms with Crippen molar-refractivity contribution in [3.05, 3.63) is 0 Å². The van der Waals surface area contributed by atoms with Crippen molar-refractivity contribution < 1.29 is 4.74 Å². The summed E-state index contributed by atoms with van der Waals surface area (Å²) in [6.45, 7) is 4.63. The van der Waals surface area contributed by atoms with Crippen molar-refractivity contribution in [3.63, 3.8) is 0 Å². The second kappa shape index (κ2) is 2.03. The van der Waals surface area contributed by atoms with Crippen LogP contribution in [0.4, 0.5) is 0 Å². The number of hydrogen-bond donors (Lipinski definition) is 1. The molecule has 0 saturated heterocycles. The lowest BCUT2D eigenvalue weighted by atomic mass is 10.2. The molecule has 0 fully saturated rings. The molecular weight excluding hydrogens is 104 g/mol. The Bertz CT molecular complexity index is 109. The predicted octanol–water partition coefficient (Wildman–Crippen LogP) is 0.533. The summed E-state index contributed by atoms with van der Waals surface area (Å²) in [4.78, 5) is 0. The van der Waals surface area contributed by atoms with E-state index in [1.807, 2.05) is 13.8 Å². The van der Waals surface area contributed by atoms with E-state index in [0.717, 1.165) is 5.90 Å². The van der Waals surface area contributed by atoms with Gasteiger partial charge in [0.05, 0.1) is 0 Å². The van der Waals surface area contributed by atoms with Gasteiger partial charge in [0.2, 0.25) is 5.90 Å². The highest BCUT2D eigenvalue weighted by Crippen LogP contribution is 2.00. The highest BCUT2D eigenvalue weighted by Gasteiger charge is 2.09. The third kappa shape index (κ3) is 0.911. The zero-order valence-corrected chi connectivity index (χ0v) is 5.14.